The molecule has 0 aliphatic carbocycles. The van der Waals surface area contributed by atoms with E-state index in [-0.39, 0.29) is 34.2 Å². The summed E-state index contributed by atoms with van der Waals surface area (Å²) in [4.78, 5) is 12.6. The van der Waals surface area contributed by atoms with E-state index in [0.717, 1.165) is 19.3 Å². The number of carbonyl (C=O) groups excluding carboxylic acids is 1. The molecule has 1 fully saturated rings. The lowest BCUT2D eigenvalue weighted by Crippen LogP contribution is -2.41. The SMILES string of the molecule is C[C@@H]1CCCCN1S(=O)(=O)c1ccc(C(=O)Nc2nnc(-c3ccno3)o2)cc1. The molecule has 1 saturated heterocycles. The van der Waals surface area contributed by atoms with Gasteiger partial charge in [-0.2, -0.15) is 4.31 Å². The van der Waals surface area contributed by atoms with E-state index in [1.54, 1.807) is 6.07 Å². The molecule has 1 N–H and O–H groups in total. The van der Waals surface area contributed by atoms with Crippen LogP contribution in [-0.2, 0) is 10.0 Å². The topological polar surface area (TPSA) is 131 Å². The van der Waals surface area contributed by atoms with E-state index in [2.05, 4.69) is 20.7 Å². The first kappa shape index (κ1) is 19.3. The van der Waals surface area contributed by atoms with Gasteiger partial charge >= 0.3 is 6.01 Å². The molecule has 0 bridgehead atoms. The number of carbonyl (C=O) groups is 1. The highest BCUT2D eigenvalue weighted by Gasteiger charge is 2.31. The smallest absolute Gasteiger partial charge is 0.322 e. The molecule has 1 atom stereocenters. The van der Waals surface area contributed by atoms with Crippen molar-refractivity contribution >= 4 is 21.9 Å². The molecule has 3 aromatic rings. The lowest BCUT2D eigenvalue weighted by atomic mass is 10.1. The van der Waals surface area contributed by atoms with E-state index >= 15 is 0 Å². The van der Waals surface area contributed by atoms with Gasteiger partial charge in [-0.05, 0) is 44.0 Å². The van der Waals surface area contributed by atoms with Crippen LogP contribution in [0.1, 0.15) is 36.5 Å². The predicted octanol–water partition coefficient (Wildman–Crippen LogP) is 2.54. The van der Waals surface area contributed by atoms with Gasteiger partial charge in [0.05, 0.1) is 11.1 Å². The minimum Gasteiger partial charge on any atom is -0.400 e. The van der Waals surface area contributed by atoms with Crippen molar-refractivity contribution in [2.45, 2.75) is 37.1 Å². The van der Waals surface area contributed by atoms with Crippen molar-refractivity contribution < 1.29 is 22.2 Å². The Bertz CT molecular complexity index is 1090. The van der Waals surface area contributed by atoms with Gasteiger partial charge in [-0.1, -0.05) is 16.7 Å². The summed E-state index contributed by atoms with van der Waals surface area (Å²) in [5, 5.41) is 13.5. The maximum Gasteiger partial charge on any atom is 0.322 e. The highest BCUT2D eigenvalue weighted by molar-refractivity contribution is 7.89. The first-order valence-electron chi connectivity index (χ1n) is 9.13. The predicted molar refractivity (Wildman–Crippen MR) is 101 cm³/mol. The molecule has 1 aliphatic heterocycles. The van der Waals surface area contributed by atoms with Gasteiger partial charge in [-0.3, -0.25) is 10.1 Å². The van der Waals surface area contributed by atoms with Crippen molar-refractivity contribution in [2.24, 2.45) is 0 Å². The fourth-order valence-electron chi connectivity index (χ4n) is 3.21. The Hall–Kier alpha value is -3.05. The van der Waals surface area contributed by atoms with Crippen LogP contribution in [0.15, 0.2) is 50.4 Å². The van der Waals surface area contributed by atoms with Gasteiger partial charge in [0.2, 0.25) is 15.8 Å². The molecule has 152 valence electrons. The monoisotopic (exact) mass is 417 g/mol. The number of nitrogens with one attached hydrogen (secondary N) is 1. The molecule has 29 heavy (non-hydrogen) atoms. The Morgan fingerprint density at radius 2 is 1.97 bits per heavy atom. The standard InChI is InChI=1S/C18H19N5O5S/c1-12-4-2-3-11-23(12)29(25,26)14-7-5-13(6-8-14)16(24)20-18-22-21-17(27-18)15-9-10-19-28-15/h5-10,12H,2-4,11H2,1H3,(H,20,22,24)/t12-/m1/s1. The summed E-state index contributed by atoms with van der Waals surface area (Å²) in [7, 11) is -3.59. The van der Waals surface area contributed by atoms with E-state index in [0.29, 0.717) is 6.54 Å². The summed E-state index contributed by atoms with van der Waals surface area (Å²) in [5.74, 6) is -0.151. The zero-order chi connectivity index (χ0) is 20.4. The van der Waals surface area contributed by atoms with E-state index in [9.17, 15) is 13.2 Å². The van der Waals surface area contributed by atoms with Gasteiger partial charge in [-0.15, -0.1) is 5.10 Å². The largest absolute Gasteiger partial charge is 0.400 e. The molecule has 1 aliphatic rings. The summed E-state index contributed by atoms with van der Waals surface area (Å²) in [5.41, 5.74) is 0.259. The average molecular weight is 417 g/mol. The van der Waals surface area contributed by atoms with Crippen LogP contribution in [0.4, 0.5) is 6.01 Å². The highest BCUT2D eigenvalue weighted by Crippen LogP contribution is 2.25. The van der Waals surface area contributed by atoms with Crippen molar-refractivity contribution in [3.63, 3.8) is 0 Å². The minimum absolute atomic E-state index is 0.0344. The number of amides is 1. The quantitative estimate of drug-likeness (QED) is 0.670. The third-order valence-electron chi connectivity index (χ3n) is 4.76. The number of rotatable bonds is 5. The van der Waals surface area contributed by atoms with E-state index in [1.807, 2.05) is 6.92 Å². The molecule has 1 amide bonds. The molecule has 1 aromatic carbocycles. The molecule has 10 nitrogen and oxygen atoms in total. The van der Waals surface area contributed by atoms with Gasteiger partial charge in [0.15, 0.2) is 0 Å². The van der Waals surface area contributed by atoms with Gasteiger partial charge in [0.1, 0.15) is 0 Å². The Labute approximate surface area is 166 Å². The first-order valence-corrected chi connectivity index (χ1v) is 10.6. The molecule has 2 aromatic heterocycles. The summed E-state index contributed by atoms with van der Waals surface area (Å²) in [6, 6.07) is 7.16. The molecular weight excluding hydrogens is 398 g/mol. The average Bonchev–Trinajstić information content (AvgIpc) is 3.40. The van der Waals surface area contributed by atoms with Crippen LogP contribution in [0.25, 0.3) is 11.7 Å². The normalized spacial score (nSPS) is 17.9. The van der Waals surface area contributed by atoms with Crippen LogP contribution < -0.4 is 5.32 Å². The number of hydrogen-bond acceptors (Lipinski definition) is 8. The summed E-state index contributed by atoms with van der Waals surface area (Å²) < 4.78 is 37.5. The number of anilines is 1. The summed E-state index contributed by atoms with van der Waals surface area (Å²) in [6.07, 6.45) is 4.16. The van der Waals surface area contributed by atoms with Gasteiger partial charge in [0.25, 0.3) is 11.8 Å². The summed E-state index contributed by atoms with van der Waals surface area (Å²) >= 11 is 0. The second kappa shape index (κ2) is 7.76. The van der Waals surface area contributed by atoms with Crippen LogP contribution >= 0.6 is 0 Å². The molecule has 11 heteroatoms. The van der Waals surface area contributed by atoms with Crippen LogP contribution in [0.3, 0.4) is 0 Å². The molecule has 0 radical (unpaired) electrons. The zero-order valence-corrected chi connectivity index (χ0v) is 16.4. The van der Waals surface area contributed by atoms with E-state index in [4.69, 9.17) is 8.94 Å². The van der Waals surface area contributed by atoms with Gasteiger partial charge < -0.3 is 8.94 Å². The Morgan fingerprint density at radius 3 is 2.66 bits per heavy atom. The van der Waals surface area contributed by atoms with Crippen LogP contribution in [0.2, 0.25) is 0 Å². The molecule has 0 unspecified atom stereocenters. The van der Waals surface area contributed by atoms with Crippen molar-refractivity contribution in [1.29, 1.82) is 0 Å². The molecule has 0 spiro atoms. The number of hydrogen-bond donors (Lipinski definition) is 1. The van der Waals surface area contributed by atoms with Crippen molar-refractivity contribution in [2.75, 3.05) is 11.9 Å². The second-order valence-electron chi connectivity index (χ2n) is 6.73. The van der Waals surface area contributed by atoms with E-state index < -0.39 is 15.9 Å². The number of nitrogens with zero attached hydrogens (tertiary/aromatic N) is 4. The summed E-state index contributed by atoms with van der Waals surface area (Å²) in [6.45, 7) is 2.42. The minimum atomic E-state index is -3.59. The highest BCUT2D eigenvalue weighted by atomic mass is 32.2. The Morgan fingerprint density at radius 1 is 1.17 bits per heavy atom. The van der Waals surface area contributed by atoms with E-state index in [1.165, 1.54) is 34.8 Å². The van der Waals surface area contributed by atoms with Gasteiger partial charge in [0, 0.05) is 24.2 Å². The second-order valence-corrected chi connectivity index (χ2v) is 8.62. The van der Waals surface area contributed by atoms with Crippen LogP contribution in [-0.4, -0.2) is 46.6 Å². The maximum atomic E-state index is 12.9. The lowest BCUT2D eigenvalue weighted by molar-refractivity contribution is 0.102. The zero-order valence-electron chi connectivity index (χ0n) is 15.6. The van der Waals surface area contributed by atoms with Crippen LogP contribution in [0, 0.1) is 0 Å². The first-order chi connectivity index (χ1) is 13.9. The number of sulfonamides is 1. The van der Waals surface area contributed by atoms with Crippen molar-refractivity contribution in [1.82, 2.24) is 19.7 Å². The van der Waals surface area contributed by atoms with Crippen molar-refractivity contribution in [3.05, 3.63) is 42.1 Å². The maximum absolute atomic E-state index is 12.9. The molecule has 4 rings (SSSR count). The molecule has 3 heterocycles. The Kier molecular flexibility index (Phi) is 5.16. The number of piperidine rings is 1. The fraction of sp³-hybridized carbons (Fsp3) is 0.333. The Balaban J connectivity index is 1.47. The lowest BCUT2D eigenvalue weighted by Gasteiger charge is -2.32. The fourth-order valence-corrected chi connectivity index (χ4v) is 4.91. The van der Waals surface area contributed by atoms with Crippen LogP contribution in [0.5, 0.6) is 0 Å². The third-order valence-corrected chi connectivity index (χ3v) is 6.79. The number of benzene rings is 1. The van der Waals surface area contributed by atoms with Crippen molar-refractivity contribution in [3.8, 4) is 11.7 Å². The molecule has 0 saturated carbocycles. The number of aromatic nitrogens is 3. The third kappa shape index (κ3) is 3.91. The van der Waals surface area contributed by atoms with Gasteiger partial charge in [-0.25, -0.2) is 8.42 Å². The molecular formula is C18H19N5O5S.